The maximum absolute atomic E-state index is 13.3. The van der Waals surface area contributed by atoms with Crippen LogP contribution in [0.15, 0.2) is 48.7 Å². The maximum Gasteiger partial charge on any atom is 0.329 e. The van der Waals surface area contributed by atoms with E-state index in [0.29, 0.717) is 5.69 Å². The lowest BCUT2D eigenvalue weighted by Gasteiger charge is -2.39. The second kappa shape index (κ2) is 9.13. The number of carboxylic acid groups (broad SMARTS) is 1. The van der Waals surface area contributed by atoms with Gasteiger partial charge < -0.3 is 15.2 Å². The number of benzene rings is 2. The minimum Gasteiger partial charge on any atom is -0.480 e. The minimum absolute atomic E-state index is 0.146. The van der Waals surface area contributed by atoms with Crippen LogP contribution in [0, 0.1) is 11.6 Å². The summed E-state index contributed by atoms with van der Waals surface area (Å²) in [5, 5.41) is 12.4. The number of nitrogens with zero attached hydrogens (tertiary/aromatic N) is 1. The third kappa shape index (κ3) is 5.00. The van der Waals surface area contributed by atoms with E-state index in [4.69, 9.17) is 9.84 Å². The monoisotopic (exact) mass is 458 g/mol. The Morgan fingerprint density at radius 1 is 1.12 bits per heavy atom. The first-order chi connectivity index (χ1) is 15.3. The van der Waals surface area contributed by atoms with Crippen molar-refractivity contribution in [2.75, 3.05) is 11.9 Å². The Kier molecular flexibility index (Phi) is 6.29. The van der Waals surface area contributed by atoms with E-state index >= 15 is 0 Å². The van der Waals surface area contributed by atoms with Crippen LogP contribution in [0.4, 0.5) is 14.5 Å². The van der Waals surface area contributed by atoms with Gasteiger partial charge in [-0.15, -0.1) is 11.3 Å². The molecule has 0 spiro atoms. The SMILES string of the molecule is O=C(O)COC1(c2ncc(-c3ccc(NC(=O)Cc4cc(F)cc(F)c4)cc3)s2)CCC1. The molecule has 0 bridgehead atoms. The summed E-state index contributed by atoms with van der Waals surface area (Å²) in [4.78, 5) is 28.4. The fourth-order valence-electron chi connectivity index (χ4n) is 3.56. The lowest BCUT2D eigenvalue weighted by Crippen LogP contribution is -2.38. The van der Waals surface area contributed by atoms with Crippen molar-refractivity contribution in [1.82, 2.24) is 4.98 Å². The summed E-state index contributed by atoms with van der Waals surface area (Å²) in [5.41, 5.74) is 1.09. The summed E-state index contributed by atoms with van der Waals surface area (Å²) in [6, 6.07) is 10.2. The molecule has 4 rings (SSSR count). The molecule has 0 radical (unpaired) electrons. The van der Waals surface area contributed by atoms with Gasteiger partial charge in [0.2, 0.25) is 5.91 Å². The highest BCUT2D eigenvalue weighted by atomic mass is 32.1. The largest absolute Gasteiger partial charge is 0.480 e. The molecule has 1 fully saturated rings. The number of aromatic nitrogens is 1. The molecule has 1 saturated carbocycles. The van der Waals surface area contributed by atoms with Crippen molar-refractivity contribution >= 4 is 28.9 Å². The number of anilines is 1. The van der Waals surface area contributed by atoms with Gasteiger partial charge in [-0.1, -0.05) is 12.1 Å². The maximum atomic E-state index is 13.3. The summed E-state index contributed by atoms with van der Waals surface area (Å²) >= 11 is 1.46. The van der Waals surface area contributed by atoms with Crippen molar-refractivity contribution in [3.63, 3.8) is 0 Å². The average Bonchev–Trinajstić information content (AvgIpc) is 3.17. The van der Waals surface area contributed by atoms with Crippen LogP contribution >= 0.6 is 11.3 Å². The number of rotatable bonds is 8. The third-order valence-corrected chi connectivity index (χ3v) is 6.50. The summed E-state index contributed by atoms with van der Waals surface area (Å²) < 4.78 is 32.2. The molecule has 6 nitrogen and oxygen atoms in total. The predicted octanol–water partition coefficient (Wildman–Crippen LogP) is 4.75. The van der Waals surface area contributed by atoms with Gasteiger partial charge in [0.15, 0.2) is 0 Å². The molecule has 0 unspecified atom stereocenters. The van der Waals surface area contributed by atoms with Crippen molar-refractivity contribution in [2.24, 2.45) is 0 Å². The normalized spacial score (nSPS) is 14.6. The summed E-state index contributed by atoms with van der Waals surface area (Å²) in [6.07, 6.45) is 4.04. The van der Waals surface area contributed by atoms with E-state index in [1.165, 1.54) is 11.3 Å². The van der Waals surface area contributed by atoms with Crippen molar-refractivity contribution in [3.8, 4) is 10.4 Å². The van der Waals surface area contributed by atoms with E-state index < -0.39 is 23.2 Å². The zero-order valence-corrected chi connectivity index (χ0v) is 17.8. The molecule has 2 N–H and O–H groups in total. The molecular formula is C23H20F2N2O4S. The number of ether oxygens (including phenoxy) is 1. The number of amides is 1. The molecule has 166 valence electrons. The summed E-state index contributed by atoms with van der Waals surface area (Å²) in [7, 11) is 0. The van der Waals surface area contributed by atoms with Gasteiger partial charge in [0.05, 0.1) is 11.3 Å². The van der Waals surface area contributed by atoms with Crippen molar-refractivity contribution in [1.29, 1.82) is 0 Å². The van der Waals surface area contributed by atoms with Gasteiger partial charge in [-0.3, -0.25) is 4.79 Å². The Hall–Kier alpha value is -3.17. The topological polar surface area (TPSA) is 88.5 Å². The first-order valence-electron chi connectivity index (χ1n) is 10.0. The molecule has 1 aliphatic carbocycles. The highest BCUT2D eigenvalue weighted by Gasteiger charge is 2.43. The Bertz CT molecular complexity index is 1120. The van der Waals surface area contributed by atoms with E-state index in [1.54, 1.807) is 18.3 Å². The fraction of sp³-hybridized carbons (Fsp3) is 0.261. The number of thiazole rings is 1. The van der Waals surface area contributed by atoms with Gasteiger partial charge in [-0.05, 0) is 54.7 Å². The lowest BCUT2D eigenvalue weighted by molar-refractivity contribution is -0.159. The second-order valence-electron chi connectivity index (χ2n) is 7.64. The van der Waals surface area contributed by atoms with Gasteiger partial charge in [-0.25, -0.2) is 18.6 Å². The van der Waals surface area contributed by atoms with Crippen LogP contribution in [0.5, 0.6) is 0 Å². The number of aliphatic carboxylic acids is 1. The molecule has 0 aliphatic heterocycles. The van der Waals surface area contributed by atoms with Crippen LogP contribution in [0.25, 0.3) is 10.4 Å². The smallest absolute Gasteiger partial charge is 0.329 e. The number of hydrogen-bond donors (Lipinski definition) is 2. The van der Waals surface area contributed by atoms with Crippen molar-refractivity contribution < 1.29 is 28.2 Å². The van der Waals surface area contributed by atoms with Crippen LogP contribution in [0.3, 0.4) is 0 Å². The Morgan fingerprint density at radius 2 is 1.81 bits per heavy atom. The zero-order chi connectivity index (χ0) is 22.7. The van der Waals surface area contributed by atoms with Crippen LogP contribution in [-0.2, 0) is 26.3 Å². The molecule has 1 aromatic heterocycles. The number of carbonyl (C=O) groups excluding carboxylic acids is 1. The zero-order valence-electron chi connectivity index (χ0n) is 16.9. The molecule has 0 atom stereocenters. The second-order valence-corrected chi connectivity index (χ2v) is 8.67. The molecule has 9 heteroatoms. The Balaban J connectivity index is 1.40. The Labute approximate surface area is 186 Å². The molecule has 1 amide bonds. The van der Waals surface area contributed by atoms with E-state index in [1.807, 2.05) is 12.1 Å². The van der Waals surface area contributed by atoms with Crippen molar-refractivity contribution in [3.05, 3.63) is 70.9 Å². The quantitative estimate of drug-likeness (QED) is 0.509. The van der Waals surface area contributed by atoms with Crippen LogP contribution in [0.1, 0.15) is 29.8 Å². The molecule has 3 aromatic rings. The van der Waals surface area contributed by atoms with Gasteiger partial charge in [0.1, 0.15) is 28.8 Å². The number of nitrogens with one attached hydrogen (secondary N) is 1. The fourth-order valence-corrected chi connectivity index (χ4v) is 4.68. The summed E-state index contributed by atoms with van der Waals surface area (Å²) in [6.45, 7) is -0.356. The highest BCUT2D eigenvalue weighted by molar-refractivity contribution is 7.15. The first-order valence-corrected chi connectivity index (χ1v) is 10.8. The van der Waals surface area contributed by atoms with E-state index in [0.717, 1.165) is 52.9 Å². The van der Waals surface area contributed by atoms with Crippen LogP contribution in [-0.4, -0.2) is 28.6 Å². The van der Waals surface area contributed by atoms with Crippen LogP contribution < -0.4 is 5.32 Å². The molecule has 0 saturated heterocycles. The third-order valence-electron chi connectivity index (χ3n) is 5.27. The number of hydrogen-bond acceptors (Lipinski definition) is 5. The predicted molar refractivity (Wildman–Crippen MR) is 115 cm³/mol. The van der Waals surface area contributed by atoms with Gasteiger partial charge in [0.25, 0.3) is 0 Å². The van der Waals surface area contributed by atoms with E-state index in [9.17, 15) is 18.4 Å². The molecule has 1 heterocycles. The van der Waals surface area contributed by atoms with Crippen LogP contribution in [0.2, 0.25) is 0 Å². The van der Waals surface area contributed by atoms with E-state index in [-0.39, 0.29) is 24.5 Å². The lowest BCUT2D eigenvalue weighted by atomic mass is 9.80. The molecule has 32 heavy (non-hydrogen) atoms. The number of carboxylic acids is 1. The molecule has 2 aromatic carbocycles. The first kappa shape index (κ1) is 22.0. The van der Waals surface area contributed by atoms with Crippen molar-refractivity contribution in [2.45, 2.75) is 31.3 Å². The summed E-state index contributed by atoms with van der Waals surface area (Å²) in [5.74, 6) is -2.84. The van der Waals surface area contributed by atoms with Gasteiger partial charge >= 0.3 is 5.97 Å². The molecular weight excluding hydrogens is 438 g/mol. The van der Waals surface area contributed by atoms with Gasteiger partial charge in [0, 0.05) is 18.0 Å². The number of halogens is 2. The average molecular weight is 458 g/mol. The Morgan fingerprint density at radius 3 is 2.41 bits per heavy atom. The standard InChI is InChI=1S/C23H20F2N2O4S/c24-16-8-14(9-17(25)11-16)10-20(28)27-18-4-2-15(3-5-18)19-12-26-22(32-19)23(6-1-7-23)31-13-21(29)30/h2-5,8-9,11-12H,1,6-7,10,13H2,(H,27,28)(H,29,30). The molecule has 1 aliphatic rings. The number of carbonyl (C=O) groups is 2. The highest BCUT2D eigenvalue weighted by Crippen LogP contribution is 2.47. The minimum atomic E-state index is -1.01. The van der Waals surface area contributed by atoms with Gasteiger partial charge in [-0.2, -0.15) is 0 Å². The van der Waals surface area contributed by atoms with E-state index in [2.05, 4.69) is 10.3 Å².